The molecule has 51 heavy (non-hydrogen) atoms. The van der Waals surface area contributed by atoms with Gasteiger partial charge in [-0.25, -0.2) is 15.0 Å². The van der Waals surface area contributed by atoms with Gasteiger partial charge in [0.05, 0.1) is 10.4 Å². The summed E-state index contributed by atoms with van der Waals surface area (Å²) in [6, 6.07) is 59.7. The van der Waals surface area contributed by atoms with Crippen LogP contribution in [0.25, 0.3) is 74.5 Å². The topological polar surface area (TPSA) is 41.9 Å². The second-order valence-corrected chi connectivity index (χ2v) is 14.6. The molecule has 6 heteroatoms. The zero-order valence-electron chi connectivity index (χ0n) is 27.3. The molecule has 3 aromatic heterocycles. The van der Waals surface area contributed by atoms with Crippen molar-refractivity contribution in [3.63, 3.8) is 0 Å². The maximum absolute atomic E-state index is 5.10. The maximum Gasteiger partial charge on any atom is 0.164 e. The minimum absolute atomic E-state index is 0.638. The van der Waals surface area contributed by atoms with Crippen LogP contribution in [0.15, 0.2) is 170 Å². The highest BCUT2D eigenvalue weighted by molar-refractivity contribution is 7.26. The molecule has 0 spiro atoms. The molecule has 0 unspecified atom stereocenters. The summed E-state index contributed by atoms with van der Waals surface area (Å²) in [5.74, 6) is 1.94. The number of para-hydroxylation sites is 1. The fourth-order valence-corrected chi connectivity index (χ4v) is 9.18. The smallest absolute Gasteiger partial charge is 0.164 e. The van der Waals surface area contributed by atoms with E-state index < -0.39 is 0 Å². The third-order valence-corrected chi connectivity index (χ3v) is 11.7. The molecule has 0 aliphatic heterocycles. The fraction of sp³-hybridized carbons (Fsp3) is 0. The molecule has 0 atom stereocenters. The first kappa shape index (κ1) is 29.7. The minimum Gasteiger partial charge on any atom is -0.309 e. The van der Waals surface area contributed by atoms with E-state index in [9.17, 15) is 0 Å². The summed E-state index contributed by atoms with van der Waals surface area (Å²) < 4.78 is 5.08. The van der Waals surface area contributed by atoms with Crippen LogP contribution < -0.4 is 4.90 Å². The average Bonchev–Trinajstić information content (AvgIpc) is 3.78. The Balaban J connectivity index is 1.10. The monoisotopic (exact) mass is 688 g/mol. The molecule has 4 nitrogen and oxygen atoms in total. The minimum atomic E-state index is 0.638. The van der Waals surface area contributed by atoms with Crippen LogP contribution in [0.4, 0.5) is 17.1 Å². The molecule has 3 heterocycles. The molecule has 10 aromatic rings. The fourth-order valence-electron chi connectivity index (χ4n) is 6.89. The largest absolute Gasteiger partial charge is 0.309 e. The summed E-state index contributed by atoms with van der Waals surface area (Å²) >= 11 is 3.65. The van der Waals surface area contributed by atoms with Crippen LogP contribution in [-0.4, -0.2) is 15.0 Å². The van der Waals surface area contributed by atoms with Crippen LogP contribution in [0.1, 0.15) is 0 Å². The number of hydrogen-bond donors (Lipinski definition) is 0. The Morgan fingerprint density at radius 2 is 0.863 bits per heavy atom. The van der Waals surface area contributed by atoms with E-state index in [0.29, 0.717) is 17.5 Å². The van der Waals surface area contributed by atoms with E-state index in [1.165, 1.54) is 40.3 Å². The summed E-state index contributed by atoms with van der Waals surface area (Å²) in [6.07, 6.45) is 0. The number of aromatic nitrogens is 3. The summed E-state index contributed by atoms with van der Waals surface area (Å²) in [5.41, 5.74) is 6.15. The Morgan fingerprint density at radius 1 is 0.353 bits per heavy atom. The molecule has 0 aliphatic carbocycles. The van der Waals surface area contributed by atoms with Crippen LogP contribution >= 0.6 is 22.7 Å². The van der Waals surface area contributed by atoms with Gasteiger partial charge >= 0.3 is 0 Å². The second kappa shape index (κ2) is 12.3. The van der Waals surface area contributed by atoms with E-state index in [-0.39, 0.29) is 0 Å². The Labute approximate surface area is 302 Å². The van der Waals surface area contributed by atoms with Crippen molar-refractivity contribution in [2.75, 3.05) is 4.90 Å². The van der Waals surface area contributed by atoms with Crippen molar-refractivity contribution in [3.05, 3.63) is 170 Å². The summed E-state index contributed by atoms with van der Waals surface area (Å²) in [4.78, 5) is 17.5. The lowest BCUT2D eigenvalue weighted by Crippen LogP contribution is -2.10. The molecule has 0 amide bonds. The van der Waals surface area contributed by atoms with Gasteiger partial charge in [0.1, 0.15) is 0 Å². The number of hydrogen-bond acceptors (Lipinski definition) is 6. The number of fused-ring (bicyclic) bond motifs is 6. The summed E-state index contributed by atoms with van der Waals surface area (Å²) in [5, 5.41) is 5.02. The zero-order valence-corrected chi connectivity index (χ0v) is 28.9. The van der Waals surface area contributed by atoms with Crippen molar-refractivity contribution >= 4 is 80.1 Å². The molecule has 0 N–H and O–H groups in total. The average molecular weight is 689 g/mol. The predicted molar refractivity (Wildman–Crippen MR) is 217 cm³/mol. The van der Waals surface area contributed by atoms with Crippen molar-refractivity contribution in [1.29, 1.82) is 0 Å². The van der Waals surface area contributed by atoms with Crippen molar-refractivity contribution in [2.24, 2.45) is 0 Å². The van der Waals surface area contributed by atoms with E-state index in [2.05, 4.69) is 144 Å². The van der Waals surface area contributed by atoms with Gasteiger partial charge in [-0.05, 0) is 72.8 Å². The molecule has 10 rings (SSSR count). The van der Waals surface area contributed by atoms with Crippen molar-refractivity contribution in [1.82, 2.24) is 15.0 Å². The van der Waals surface area contributed by atoms with Crippen molar-refractivity contribution < 1.29 is 0 Å². The molecule has 0 fully saturated rings. The van der Waals surface area contributed by atoms with Crippen LogP contribution in [0.2, 0.25) is 0 Å². The normalized spacial score (nSPS) is 11.5. The van der Waals surface area contributed by atoms with Crippen molar-refractivity contribution in [2.45, 2.75) is 0 Å². The van der Waals surface area contributed by atoms with Crippen LogP contribution in [0.3, 0.4) is 0 Å². The van der Waals surface area contributed by atoms with Gasteiger partial charge in [-0.15, -0.1) is 22.7 Å². The first-order valence-electron chi connectivity index (χ1n) is 16.9. The lowest BCUT2D eigenvalue weighted by Gasteiger charge is -2.26. The first-order valence-corrected chi connectivity index (χ1v) is 18.5. The predicted octanol–water partition coefficient (Wildman–Crippen LogP) is 13.1. The van der Waals surface area contributed by atoms with Gasteiger partial charge in [0.15, 0.2) is 17.5 Å². The van der Waals surface area contributed by atoms with E-state index in [0.717, 1.165) is 33.8 Å². The van der Waals surface area contributed by atoms with E-state index in [1.54, 1.807) is 0 Å². The number of anilines is 3. The number of nitrogens with zero attached hydrogens (tertiary/aromatic N) is 4. The highest BCUT2D eigenvalue weighted by Gasteiger charge is 2.19. The van der Waals surface area contributed by atoms with Gasteiger partial charge in [-0.3, -0.25) is 0 Å². The van der Waals surface area contributed by atoms with E-state index in [4.69, 9.17) is 15.0 Å². The van der Waals surface area contributed by atoms with Crippen LogP contribution in [-0.2, 0) is 0 Å². The number of rotatable bonds is 6. The van der Waals surface area contributed by atoms with E-state index in [1.807, 2.05) is 53.0 Å². The first-order chi connectivity index (χ1) is 25.3. The lowest BCUT2D eigenvalue weighted by molar-refractivity contribution is 1.07. The standard InChI is InChI=1S/C45H28N4S2/c1-3-12-29(13-4-1)43-46-44(48-45(47-43)31-24-27-41-37(28-31)35-17-8-9-20-39(35)50-41)30-22-25-33(26-23-30)49(32-14-5-2-6-15-32)38-19-11-18-36-34-16-7-10-21-40(34)51-42(36)38/h1-28H. The highest BCUT2D eigenvalue weighted by Crippen LogP contribution is 2.45. The third-order valence-electron chi connectivity index (χ3n) is 9.32. The highest BCUT2D eigenvalue weighted by atomic mass is 32.1. The van der Waals surface area contributed by atoms with Gasteiger partial charge in [-0.1, -0.05) is 97.1 Å². The Kier molecular flexibility index (Phi) is 7.15. The SMILES string of the molecule is c1ccc(-c2nc(-c3ccc(N(c4ccccc4)c4cccc5c4sc4ccccc45)cc3)nc(-c3ccc4sc5ccccc5c4c3)n2)cc1. The lowest BCUT2D eigenvalue weighted by atomic mass is 10.1. The van der Waals surface area contributed by atoms with Gasteiger partial charge in [0.25, 0.3) is 0 Å². The summed E-state index contributed by atoms with van der Waals surface area (Å²) in [6.45, 7) is 0. The molecular formula is C45H28N4S2. The van der Waals surface area contributed by atoms with Gasteiger partial charge < -0.3 is 4.90 Å². The molecule has 0 saturated heterocycles. The van der Waals surface area contributed by atoms with Gasteiger partial charge in [-0.2, -0.15) is 0 Å². The quantitative estimate of drug-likeness (QED) is 0.174. The summed E-state index contributed by atoms with van der Waals surface area (Å²) in [7, 11) is 0. The zero-order chi connectivity index (χ0) is 33.7. The van der Waals surface area contributed by atoms with Crippen molar-refractivity contribution in [3.8, 4) is 34.2 Å². The maximum atomic E-state index is 5.10. The second-order valence-electron chi connectivity index (χ2n) is 12.5. The van der Waals surface area contributed by atoms with Gasteiger partial charge in [0, 0.05) is 63.7 Å². The molecule has 7 aromatic carbocycles. The third kappa shape index (κ3) is 5.24. The number of thiophene rings is 2. The molecule has 240 valence electrons. The molecule has 0 radical (unpaired) electrons. The molecule has 0 saturated carbocycles. The Hall–Kier alpha value is -6.21. The Morgan fingerprint density at radius 3 is 1.59 bits per heavy atom. The Bertz CT molecular complexity index is 2860. The van der Waals surface area contributed by atoms with Gasteiger partial charge in [0.2, 0.25) is 0 Å². The van der Waals surface area contributed by atoms with E-state index >= 15 is 0 Å². The molecular weight excluding hydrogens is 661 g/mol. The molecule has 0 aliphatic rings. The van der Waals surface area contributed by atoms with Crippen LogP contribution in [0.5, 0.6) is 0 Å². The van der Waals surface area contributed by atoms with Crippen LogP contribution in [0, 0.1) is 0 Å². The number of benzene rings is 7. The molecule has 0 bridgehead atoms.